The molecule has 1 N–H and O–H groups in total. The lowest BCUT2D eigenvalue weighted by Crippen LogP contribution is -2.42. The minimum Gasteiger partial charge on any atom is -0.384 e. The fourth-order valence-corrected chi connectivity index (χ4v) is 3.87. The van der Waals surface area contributed by atoms with Crippen LogP contribution in [-0.4, -0.2) is 52.5 Å². The Morgan fingerprint density at radius 2 is 2.15 bits per heavy atom. The summed E-state index contributed by atoms with van der Waals surface area (Å²) in [5.74, 6) is 1.11. The second kappa shape index (κ2) is 9.42. The molecular formula is C21H29N3O2S. The van der Waals surface area contributed by atoms with E-state index < -0.39 is 0 Å². The molecule has 0 bridgehead atoms. The lowest BCUT2D eigenvalue weighted by Gasteiger charge is -2.36. The third-order valence-corrected chi connectivity index (χ3v) is 6.17. The van der Waals surface area contributed by atoms with E-state index in [4.69, 9.17) is 4.74 Å². The normalized spacial score (nSPS) is 18.5. The molecule has 2 heterocycles. The summed E-state index contributed by atoms with van der Waals surface area (Å²) < 4.78 is 5.14. The number of ether oxygens (including phenoxy) is 1. The number of rotatable bonds is 7. The van der Waals surface area contributed by atoms with Crippen LogP contribution in [0.5, 0.6) is 0 Å². The number of carbonyl (C=O) groups is 1. The van der Waals surface area contributed by atoms with Gasteiger partial charge in [0, 0.05) is 13.7 Å². The van der Waals surface area contributed by atoms with Crippen LogP contribution in [0.4, 0.5) is 0 Å². The smallest absolute Gasteiger partial charge is 0.236 e. The average molecular weight is 388 g/mol. The van der Waals surface area contributed by atoms with E-state index in [2.05, 4.69) is 34.2 Å². The van der Waals surface area contributed by atoms with Crippen LogP contribution in [-0.2, 0) is 16.0 Å². The number of benzene rings is 1. The fourth-order valence-electron chi connectivity index (χ4n) is 3.54. The van der Waals surface area contributed by atoms with E-state index in [0.29, 0.717) is 0 Å². The summed E-state index contributed by atoms with van der Waals surface area (Å²) in [7, 11) is 1.72. The maximum atomic E-state index is 12.8. The van der Waals surface area contributed by atoms with Crippen molar-refractivity contribution >= 4 is 17.7 Å². The number of likely N-dealkylation sites (tertiary alicyclic amines) is 1. The van der Waals surface area contributed by atoms with Crippen molar-refractivity contribution in [1.82, 2.24) is 14.9 Å². The highest BCUT2D eigenvalue weighted by Gasteiger charge is 2.32. The number of hydrogen-bond acceptors (Lipinski definition) is 4. The molecule has 1 amide bonds. The molecule has 1 aliphatic heterocycles. The minimum absolute atomic E-state index is 0.0142. The Bertz CT molecular complexity index is 744. The maximum Gasteiger partial charge on any atom is 0.236 e. The van der Waals surface area contributed by atoms with Gasteiger partial charge in [0.2, 0.25) is 5.91 Å². The molecule has 3 rings (SSSR count). The Morgan fingerprint density at radius 3 is 2.85 bits per heavy atom. The van der Waals surface area contributed by atoms with Crippen molar-refractivity contribution in [2.75, 3.05) is 26.5 Å². The molecular weight excluding hydrogens is 358 g/mol. The molecule has 6 heteroatoms. The number of methoxy groups -OCH3 is 1. The topological polar surface area (TPSA) is 58.2 Å². The number of hydrogen-bond donors (Lipinski definition) is 1. The molecule has 1 aromatic carbocycles. The molecule has 146 valence electrons. The third-order valence-electron chi connectivity index (χ3n) is 5.26. The zero-order valence-corrected chi connectivity index (χ0v) is 17.2. The number of carbonyl (C=O) groups excluding carboxylic acids is 1. The molecule has 1 aromatic heterocycles. The second-order valence-electron chi connectivity index (χ2n) is 7.04. The van der Waals surface area contributed by atoms with Crippen molar-refractivity contribution in [2.45, 2.75) is 43.9 Å². The number of amides is 1. The molecule has 27 heavy (non-hydrogen) atoms. The Balaban J connectivity index is 1.76. The van der Waals surface area contributed by atoms with Gasteiger partial charge in [-0.1, -0.05) is 24.3 Å². The number of nitrogens with one attached hydrogen (secondary N) is 1. The summed E-state index contributed by atoms with van der Waals surface area (Å²) in [6.07, 6.45) is 7.96. The molecule has 0 radical (unpaired) electrons. The van der Waals surface area contributed by atoms with E-state index in [1.165, 1.54) is 5.56 Å². The van der Waals surface area contributed by atoms with Gasteiger partial charge in [-0.3, -0.25) is 4.79 Å². The van der Waals surface area contributed by atoms with E-state index in [0.717, 1.165) is 55.9 Å². The van der Waals surface area contributed by atoms with Gasteiger partial charge in [-0.2, -0.15) is 11.8 Å². The van der Waals surface area contributed by atoms with Crippen molar-refractivity contribution in [3.05, 3.63) is 41.9 Å². The number of thioether (sulfide) groups is 1. The number of piperidine rings is 1. The molecule has 5 nitrogen and oxygen atoms in total. The molecule has 0 spiro atoms. The molecule has 2 unspecified atom stereocenters. The zero-order valence-electron chi connectivity index (χ0n) is 16.4. The van der Waals surface area contributed by atoms with Crippen LogP contribution in [0.15, 0.2) is 30.5 Å². The number of H-pyrrole nitrogens is 1. The molecule has 1 aliphatic rings. The van der Waals surface area contributed by atoms with E-state index >= 15 is 0 Å². The predicted molar refractivity (Wildman–Crippen MR) is 111 cm³/mol. The first kappa shape index (κ1) is 20.0. The fraction of sp³-hybridized carbons (Fsp3) is 0.524. The van der Waals surface area contributed by atoms with E-state index in [9.17, 15) is 4.79 Å². The average Bonchev–Trinajstić information content (AvgIpc) is 3.21. The van der Waals surface area contributed by atoms with Gasteiger partial charge in [-0.15, -0.1) is 0 Å². The van der Waals surface area contributed by atoms with Gasteiger partial charge in [0.25, 0.3) is 0 Å². The molecule has 2 atom stereocenters. The number of aromatic amines is 1. The summed E-state index contributed by atoms with van der Waals surface area (Å²) in [6.45, 7) is 3.53. The van der Waals surface area contributed by atoms with Gasteiger partial charge in [0.05, 0.1) is 29.8 Å². The standard InChI is InChI=1S/C21H29N3O2S/c1-15(27-3)21(25)24-12-5-4-6-19(24)20-22-14-18(23-20)17-9-7-16(8-10-17)11-13-26-2/h7-10,14-15,19H,4-6,11-13H2,1-3H3,(H,22,23). The van der Waals surface area contributed by atoms with Crippen molar-refractivity contribution in [3.8, 4) is 11.3 Å². The highest BCUT2D eigenvalue weighted by Crippen LogP contribution is 2.32. The van der Waals surface area contributed by atoms with Crippen LogP contribution in [0.25, 0.3) is 11.3 Å². The van der Waals surface area contributed by atoms with Crippen molar-refractivity contribution in [1.29, 1.82) is 0 Å². The summed E-state index contributed by atoms with van der Waals surface area (Å²) in [6, 6.07) is 8.54. The van der Waals surface area contributed by atoms with Gasteiger partial charge in [0.15, 0.2) is 0 Å². The first-order valence-electron chi connectivity index (χ1n) is 9.60. The number of imidazole rings is 1. The van der Waals surface area contributed by atoms with Crippen molar-refractivity contribution in [3.63, 3.8) is 0 Å². The van der Waals surface area contributed by atoms with Gasteiger partial charge in [-0.25, -0.2) is 4.98 Å². The molecule has 2 aromatic rings. The van der Waals surface area contributed by atoms with Crippen LogP contribution < -0.4 is 0 Å². The number of aromatic nitrogens is 2. The van der Waals surface area contributed by atoms with E-state index in [-0.39, 0.29) is 17.2 Å². The lowest BCUT2D eigenvalue weighted by molar-refractivity contribution is -0.134. The Hall–Kier alpha value is -1.79. The Kier molecular flexibility index (Phi) is 6.96. The van der Waals surface area contributed by atoms with E-state index in [1.807, 2.05) is 24.3 Å². The van der Waals surface area contributed by atoms with Gasteiger partial charge in [0.1, 0.15) is 5.82 Å². The number of nitrogens with zero attached hydrogens (tertiary/aromatic N) is 2. The van der Waals surface area contributed by atoms with Crippen LogP contribution in [0, 0.1) is 0 Å². The Labute approximate surface area is 165 Å². The lowest BCUT2D eigenvalue weighted by atomic mass is 10.0. The van der Waals surface area contributed by atoms with Gasteiger partial charge >= 0.3 is 0 Å². The first-order chi connectivity index (χ1) is 13.1. The van der Waals surface area contributed by atoms with Gasteiger partial charge < -0.3 is 14.6 Å². The summed E-state index contributed by atoms with van der Waals surface area (Å²) in [5, 5.41) is -0.0142. The van der Waals surface area contributed by atoms with Crippen LogP contribution in [0.2, 0.25) is 0 Å². The van der Waals surface area contributed by atoms with Crippen LogP contribution >= 0.6 is 11.8 Å². The minimum atomic E-state index is -0.0142. The predicted octanol–water partition coefficient (Wildman–Crippen LogP) is 4.07. The summed E-state index contributed by atoms with van der Waals surface area (Å²) in [4.78, 5) is 22.9. The van der Waals surface area contributed by atoms with Gasteiger partial charge in [-0.05, 0) is 50.0 Å². The van der Waals surface area contributed by atoms with E-state index in [1.54, 1.807) is 18.9 Å². The summed E-state index contributed by atoms with van der Waals surface area (Å²) in [5.41, 5.74) is 3.37. The zero-order chi connectivity index (χ0) is 19.2. The summed E-state index contributed by atoms with van der Waals surface area (Å²) >= 11 is 1.60. The third kappa shape index (κ3) is 4.74. The molecule has 0 aliphatic carbocycles. The SMILES string of the molecule is COCCc1ccc(-c2cnc(C3CCCCN3C(=O)C(C)SC)[nH]2)cc1. The molecule has 1 saturated heterocycles. The molecule has 0 saturated carbocycles. The molecule has 1 fully saturated rings. The van der Waals surface area contributed by atoms with Crippen LogP contribution in [0.3, 0.4) is 0 Å². The highest BCUT2D eigenvalue weighted by molar-refractivity contribution is 7.99. The van der Waals surface area contributed by atoms with Crippen molar-refractivity contribution in [2.24, 2.45) is 0 Å². The highest BCUT2D eigenvalue weighted by atomic mass is 32.2. The largest absolute Gasteiger partial charge is 0.384 e. The Morgan fingerprint density at radius 1 is 1.37 bits per heavy atom. The maximum absolute atomic E-state index is 12.8. The first-order valence-corrected chi connectivity index (χ1v) is 10.9. The van der Waals surface area contributed by atoms with Crippen LogP contribution in [0.1, 0.15) is 43.6 Å². The second-order valence-corrected chi connectivity index (χ2v) is 8.22. The quantitative estimate of drug-likeness (QED) is 0.778. The van der Waals surface area contributed by atoms with Crippen molar-refractivity contribution < 1.29 is 9.53 Å². The monoisotopic (exact) mass is 387 g/mol.